The first-order valence-electron chi connectivity index (χ1n) is 11.7. The summed E-state index contributed by atoms with van der Waals surface area (Å²) in [5.41, 5.74) is 2.19. The molecule has 1 amide bonds. The summed E-state index contributed by atoms with van der Waals surface area (Å²) >= 11 is 0. The average molecular weight is 497 g/mol. The molecule has 2 N–H and O–H groups in total. The molecule has 0 aliphatic carbocycles. The number of pyridine rings is 1. The van der Waals surface area contributed by atoms with Gasteiger partial charge in [0, 0.05) is 18.1 Å². The average Bonchev–Trinajstić information content (AvgIpc) is 2.83. The SMILES string of the molecule is CC(C)(C)OC(=O)NCCOCCOCCOc1ccc(-c2ccc3nccc(C(=O)O)c3c2)cc1. The minimum absolute atomic E-state index is 0.227. The smallest absolute Gasteiger partial charge is 0.407 e. The van der Waals surface area contributed by atoms with Crippen LogP contribution in [0.15, 0.2) is 54.7 Å². The number of benzene rings is 2. The molecule has 2 aromatic carbocycles. The van der Waals surface area contributed by atoms with Crippen molar-refractivity contribution < 1.29 is 33.6 Å². The first-order valence-corrected chi connectivity index (χ1v) is 11.7. The third kappa shape index (κ3) is 8.51. The van der Waals surface area contributed by atoms with E-state index in [1.54, 1.807) is 0 Å². The van der Waals surface area contributed by atoms with Crippen molar-refractivity contribution in [2.75, 3.05) is 39.6 Å². The van der Waals surface area contributed by atoms with Crippen molar-refractivity contribution in [3.8, 4) is 16.9 Å². The molecule has 192 valence electrons. The van der Waals surface area contributed by atoms with Crippen LogP contribution in [-0.4, -0.2) is 67.3 Å². The van der Waals surface area contributed by atoms with Crippen molar-refractivity contribution in [3.05, 3.63) is 60.3 Å². The van der Waals surface area contributed by atoms with E-state index in [0.717, 1.165) is 11.1 Å². The minimum atomic E-state index is -0.979. The number of carboxylic acids is 1. The highest BCUT2D eigenvalue weighted by atomic mass is 16.6. The molecule has 9 nitrogen and oxygen atoms in total. The van der Waals surface area contributed by atoms with Gasteiger partial charge in [0.2, 0.25) is 0 Å². The summed E-state index contributed by atoms with van der Waals surface area (Å²) in [4.78, 5) is 27.3. The summed E-state index contributed by atoms with van der Waals surface area (Å²) < 4.78 is 21.8. The molecule has 0 saturated carbocycles. The number of ether oxygens (including phenoxy) is 4. The maximum Gasteiger partial charge on any atom is 0.407 e. The molecular weight excluding hydrogens is 464 g/mol. The largest absolute Gasteiger partial charge is 0.491 e. The van der Waals surface area contributed by atoms with Crippen molar-refractivity contribution in [3.63, 3.8) is 0 Å². The number of amides is 1. The standard InChI is InChI=1S/C27H32N2O7/c1-27(2,3)36-26(32)29-12-13-33-14-15-34-16-17-35-21-7-4-19(5-8-21)20-6-9-24-23(18-20)22(25(30)31)10-11-28-24/h4-11,18H,12-17H2,1-3H3,(H,29,32)(H,30,31). The third-order valence-corrected chi connectivity index (χ3v) is 4.94. The van der Waals surface area contributed by atoms with E-state index in [4.69, 9.17) is 18.9 Å². The highest BCUT2D eigenvalue weighted by Crippen LogP contribution is 2.27. The van der Waals surface area contributed by atoms with E-state index < -0.39 is 17.7 Å². The van der Waals surface area contributed by atoms with E-state index in [1.165, 1.54) is 12.3 Å². The highest BCUT2D eigenvalue weighted by molar-refractivity contribution is 6.03. The van der Waals surface area contributed by atoms with Crippen LogP contribution in [0.3, 0.4) is 0 Å². The number of rotatable bonds is 12. The number of aromatic nitrogens is 1. The van der Waals surface area contributed by atoms with Gasteiger partial charge < -0.3 is 29.4 Å². The summed E-state index contributed by atoms with van der Waals surface area (Å²) in [5.74, 6) is -0.271. The van der Waals surface area contributed by atoms with Gasteiger partial charge in [-0.2, -0.15) is 0 Å². The van der Waals surface area contributed by atoms with Gasteiger partial charge >= 0.3 is 12.1 Å². The van der Waals surface area contributed by atoms with Crippen LogP contribution in [0, 0.1) is 0 Å². The summed E-state index contributed by atoms with van der Waals surface area (Å²) in [6.07, 6.45) is 1.04. The molecule has 0 saturated heterocycles. The summed E-state index contributed by atoms with van der Waals surface area (Å²) in [6, 6.07) is 14.7. The molecule has 0 bridgehead atoms. The Kier molecular flexibility index (Phi) is 9.61. The quantitative estimate of drug-likeness (QED) is 0.351. The van der Waals surface area contributed by atoms with Gasteiger partial charge in [-0.05, 0) is 62.2 Å². The molecular formula is C27H32N2O7. The maximum atomic E-state index is 11.5. The van der Waals surface area contributed by atoms with Gasteiger partial charge in [-0.25, -0.2) is 9.59 Å². The molecule has 9 heteroatoms. The molecule has 0 spiro atoms. The number of carboxylic acid groups (broad SMARTS) is 1. The van der Waals surface area contributed by atoms with E-state index in [9.17, 15) is 14.7 Å². The van der Waals surface area contributed by atoms with Crippen molar-refractivity contribution in [1.29, 1.82) is 0 Å². The Morgan fingerprint density at radius 3 is 2.25 bits per heavy atom. The Labute approximate surface area is 210 Å². The fourth-order valence-electron chi connectivity index (χ4n) is 3.34. The molecule has 0 unspecified atom stereocenters. The van der Waals surface area contributed by atoms with Gasteiger partial charge in [0.1, 0.15) is 18.0 Å². The predicted molar refractivity (Wildman–Crippen MR) is 136 cm³/mol. The summed E-state index contributed by atoms with van der Waals surface area (Å²) in [6.45, 7) is 7.80. The number of fused-ring (bicyclic) bond motifs is 1. The van der Waals surface area contributed by atoms with Gasteiger partial charge in [-0.3, -0.25) is 4.98 Å². The second kappa shape index (κ2) is 12.9. The van der Waals surface area contributed by atoms with E-state index >= 15 is 0 Å². The number of carbonyl (C=O) groups excluding carboxylic acids is 1. The fourth-order valence-corrected chi connectivity index (χ4v) is 3.34. The van der Waals surface area contributed by atoms with Crippen LogP contribution in [-0.2, 0) is 14.2 Å². The van der Waals surface area contributed by atoms with Crippen molar-refractivity contribution >= 4 is 23.0 Å². The Hall–Kier alpha value is -3.69. The van der Waals surface area contributed by atoms with Crippen LogP contribution in [0.25, 0.3) is 22.0 Å². The van der Waals surface area contributed by atoms with E-state index in [0.29, 0.717) is 56.2 Å². The van der Waals surface area contributed by atoms with Gasteiger partial charge in [0.15, 0.2) is 0 Å². The van der Waals surface area contributed by atoms with Crippen LogP contribution in [0.1, 0.15) is 31.1 Å². The molecule has 0 atom stereocenters. The number of nitrogens with zero attached hydrogens (tertiary/aromatic N) is 1. The number of nitrogens with one attached hydrogen (secondary N) is 1. The molecule has 3 rings (SSSR count). The molecule has 1 heterocycles. The Balaban J connectivity index is 1.34. The lowest BCUT2D eigenvalue weighted by Gasteiger charge is -2.19. The van der Waals surface area contributed by atoms with Crippen LogP contribution >= 0.6 is 0 Å². The van der Waals surface area contributed by atoms with Gasteiger partial charge in [-0.15, -0.1) is 0 Å². The lowest BCUT2D eigenvalue weighted by atomic mass is 10.0. The van der Waals surface area contributed by atoms with Gasteiger partial charge in [0.05, 0.1) is 37.5 Å². The Bertz CT molecular complexity index is 1160. The molecule has 0 aliphatic heterocycles. The fraction of sp³-hybridized carbons (Fsp3) is 0.370. The summed E-state index contributed by atoms with van der Waals surface area (Å²) in [7, 11) is 0. The van der Waals surface area contributed by atoms with Gasteiger partial charge in [-0.1, -0.05) is 18.2 Å². The Morgan fingerprint density at radius 2 is 1.56 bits per heavy atom. The minimum Gasteiger partial charge on any atom is -0.491 e. The number of carbonyl (C=O) groups is 2. The van der Waals surface area contributed by atoms with Crippen molar-refractivity contribution in [1.82, 2.24) is 10.3 Å². The summed E-state index contributed by atoms with van der Waals surface area (Å²) in [5, 5.41) is 12.7. The number of aromatic carboxylic acids is 1. The lowest BCUT2D eigenvalue weighted by Crippen LogP contribution is -2.34. The van der Waals surface area contributed by atoms with E-state index in [2.05, 4.69) is 10.3 Å². The van der Waals surface area contributed by atoms with Crippen molar-refractivity contribution in [2.24, 2.45) is 0 Å². The first kappa shape index (κ1) is 26.9. The highest BCUT2D eigenvalue weighted by Gasteiger charge is 2.15. The zero-order valence-corrected chi connectivity index (χ0v) is 20.8. The van der Waals surface area contributed by atoms with E-state index in [-0.39, 0.29) is 5.56 Å². The van der Waals surface area contributed by atoms with Crippen LogP contribution in [0.4, 0.5) is 4.79 Å². The number of hydrogen-bond donors (Lipinski definition) is 2. The van der Waals surface area contributed by atoms with Crippen LogP contribution in [0.5, 0.6) is 5.75 Å². The number of alkyl carbamates (subject to hydrolysis) is 1. The zero-order valence-electron chi connectivity index (χ0n) is 20.8. The monoisotopic (exact) mass is 496 g/mol. The predicted octanol–water partition coefficient (Wildman–Crippen LogP) is 4.54. The Morgan fingerprint density at radius 1 is 0.889 bits per heavy atom. The molecule has 0 radical (unpaired) electrons. The lowest BCUT2D eigenvalue weighted by molar-refractivity contribution is 0.0327. The molecule has 0 aliphatic rings. The molecule has 0 fully saturated rings. The second-order valence-electron chi connectivity index (χ2n) is 8.92. The molecule has 1 aromatic heterocycles. The number of hydrogen-bond acceptors (Lipinski definition) is 7. The van der Waals surface area contributed by atoms with Crippen LogP contribution < -0.4 is 10.1 Å². The second-order valence-corrected chi connectivity index (χ2v) is 8.92. The van der Waals surface area contributed by atoms with Crippen molar-refractivity contribution in [2.45, 2.75) is 26.4 Å². The van der Waals surface area contributed by atoms with E-state index in [1.807, 2.05) is 63.2 Å². The van der Waals surface area contributed by atoms with Gasteiger partial charge in [0.25, 0.3) is 0 Å². The van der Waals surface area contributed by atoms with Crippen LogP contribution in [0.2, 0.25) is 0 Å². The first-order chi connectivity index (χ1) is 17.2. The normalized spacial score (nSPS) is 11.3. The zero-order chi connectivity index (χ0) is 26.0. The third-order valence-electron chi connectivity index (χ3n) is 4.94. The maximum absolute atomic E-state index is 11.5. The topological polar surface area (TPSA) is 116 Å². The molecule has 3 aromatic rings. The molecule has 36 heavy (non-hydrogen) atoms.